The van der Waals surface area contributed by atoms with Crippen LogP contribution in [0.15, 0.2) is 24.3 Å². The van der Waals surface area contributed by atoms with Crippen molar-refractivity contribution in [3.05, 3.63) is 29.8 Å². The molecule has 4 heteroatoms. The van der Waals surface area contributed by atoms with Gasteiger partial charge in [-0.1, -0.05) is 19.1 Å². The molecule has 0 aliphatic carbocycles. The maximum absolute atomic E-state index is 11.3. The summed E-state index contributed by atoms with van der Waals surface area (Å²) in [6.45, 7) is 2.51. The third-order valence-corrected chi connectivity index (χ3v) is 2.47. The van der Waals surface area contributed by atoms with Crippen molar-refractivity contribution in [2.75, 3.05) is 11.6 Å². The molecule has 1 aromatic carbocycles. The zero-order valence-corrected chi connectivity index (χ0v) is 8.43. The zero-order chi connectivity index (χ0) is 10.8. The second-order valence-electron chi connectivity index (χ2n) is 3.70. The maximum Gasteiger partial charge on any atom is 0.243 e. The highest BCUT2D eigenvalue weighted by molar-refractivity contribution is 5.84. The Morgan fingerprint density at radius 3 is 2.93 bits per heavy atom. The third-order valence-electron chi connectivity index (χ3n) is 2.47. The first-order valence-electron chi connectivity index (χ1n) is 4.84. The number of aldehydes is 1. The second-order valence-corrected chi connectivity index (χ2v) is 3.70. The number of hydrogen-bond acceptors (Lipinski definition) is 3. The van der Waals surface area contributed by atoms with E-state index >= 15 is 0 Å². The monoisotopic (exact) mass is 204 g/mol. The smallest absolute Gasteiger partial charge is 0.243 e. The highest BCUT2D eigenvalue weighted by Gasteiger charge is 2.26. The molecule has 0 aromatic heterocycles. The first-order chi connectivity index (χ1) is 7.20. The van der Waals surface area contributed by atoms with Gasteiger partial charge in [-0.15, -0.1) is 0 Å². The molecule has 1 saturated heterocycles. The highest BCUT2D eigenvalue weighted by Crippen LogP contribution is 2.18. The third kappa shape index (κ3) is 1.83. The number of amides is 1. The molecule has 1 N–H and O–H groups in total. The lowest BCUT2D eigenvalue weighted by atomic mass is 10.2. The molecule has 1 aliphatic heterocycles. The molecule has 1 fully saturated rings. The summed E-state index contributed by atoms with van der Waals surface area (Å²) in [6.07, 6.45) is 0.796. The van der Waals surface area contributed by atoms with Crippen LogP contribution in [0.5, 0.6) is 0 Å². The van der Waals surface area contributed by atoms with Gasteiger partial charge < -0.3 is 0 Å². The summed E-state index contributed by atoms with van der Waals surface area (Å²) < 4.78 is 0. The molecule has 2 rings (SSSR count). The summed E-state index contributed by atoms with van der Waals surface area (Å²) in [5, 5.41) is 1.76. The molecule has 0 radical (unpaired) electrons. The van der Waals surface area contributed by atoms with Crippen LogP contribution in [0.4, 0.5) is 5.69 Å². The molecule has 0 saturated carbocycles. The van der Waals surface area contributed by atoms with Crippen molar-refractivity contribution in [3.8, 4) is 0 Å². The normalized spacial score (nSPS) is 20.2. The second kappa shape index (κ2) is 3.73. The fraction of sp³-hybridized carbons (Fsp3) is 0.273. The average Bonchev–Trinajstić information content (AvgIpc) is 2.59. The Labute approximate surface area is 87.9 Å². The molecule has 0 bridgehead atoms. The van der Waals surface area contributed by atoms with E-state index in [0.29, 0.717) is 12.1 Å². The van der Waals surface area contributed by atoms with Crippen LogP contribution in [0.2, 0.25) is 0 Å². The Balaban J connectivity index is 2.23. The summed E-state index contributed by atoms with van der Waals surface area (Å²) in [5.74, 6) is 0.0105. The molecule has 1 atom stereocenters. The van der Waals surface area contributed by atoms with Gasteiger partial charge in [0.05, 0.1) is 18.2 Å². The van der Waals surface area contributed by atoms with Crippen LogP contribution in [0.1, 0.15) is 17.3 Å². The van der Waals surface area contributed by atoms with Crippen molar-refractivity contribution in [1.82, 2.24) is 5.43 Å². The van der Waals surface area contributed by atoms with E-state index in [0.717, 1.165) is 12.0 Å². The number of hydrogen-bond donors (Lipinski definition) is 1. The highest BCUT2D eigenvalue weighted by atomic mass is 16.2. The lowest BCUT2D eigenvalue weighted by molar-refractivity contribution is -0.121. The van der Waals surface area contributed by atoms with E-state index in [1.54, 1.807) is 23.2 Å². The zero-order valence-electron chi connectivity index (χ0n) is 8.43. The Hall–Kier alpha value is -1.84. The van der Waals surface area contributed by atoms with Crippen molar-refractivity contribution in [3.63, 3.8) is 0 Å². The number of carbonyl (C=O) groups excluding carboxylic acids is 2. The predicted octanol–water partition coefficient (Wildman–Crippen LogP) is 0.986. The number of hydrazine groups is 1. The van der Waals surface area contributed by atoms with E-state index in [2.05, 4.69) is 5.43 Å². The minimum absolute atomic E-state index is 0.00936. The molecular formula is C11H12N2O2. The summed E-state index contributed by atoms with van der Waals surface area (Å²) in [7, 11) is 0. The largest absolute Gasteiger partial charge is 0.298 e. The molecular weight excluding hydrogens is 192 g/mol. The number of nitrogens with one attached hydrogen (secondary N) is 1. The van der Waals surface area contributed by atoms with Gasteiger partial charge in [-0.25, -0.2) is 0 Å². The molecule has 1 aliphatic rings. The van der Waals surface area contributed by atoms with Gasteiger partial charge in [0.1, 0.15) is 6.29 Å². The van der Waals surface area contributed by atoms with Crippen LogP contribution >= 0.6 is 0 Å². The van der Waals surface area contributed by atoms with Crippen molar-refractivity contribution in [2.45, 2.75) is 6.92 Å². The fourth-order valence-corrected chi connectivity index (χ4v) is 1.58. The summed E-state index contributed by atoms with van der Waals surface area (Å²) in [6, 6.07) is 7.16. The Morgan fingerprint density at radius 2 is 2.33 bits per heavy atom. The lowest BCUT2D eigenvalue weighted by Crippen LogP contribution is -2.32. The quantitative estimate of drug-likeness (QED) is 0.731. The molecule has 1 unspecified atom stereocenters. The Kier molecular flexibility index (Phi) is 2.41. The number of carbonyl (C=O) groups is 2. The van der Waals surface area contributed by atoms with Crippen LogP contribution in [-0.2, 0) is 4.79 Å². The van der Waals surface area contributed by atoms with Gasteiger partial charge in [0.2, 0.25) is 5.91 Å². The van der Waals surface area contributed by atoms with Gasteiger partial charge in [0.15, 0.2) is 0 Å². The van der Waals surface area contributed by atoms with Gasteiger partial charge in [0.25, 0.3) is 0 Å². The number of benzene rings is 1. The van der Waals surface area contributed by atoms with E-state index in [-0.39, 0.29) is 11.8 Å². The SMILES string of the molecule is CC1CN(c2cccc(C=O)c2)NC1=O. The minimum atomic E-state index is -0.00936. The molecule has 15 heavy (non-hydrogen) atoms. The predicted molar refractivity (Wildman–Crippen MR) is 56.5 cm³/mol. The molecule has 1 heterocycles. The van der Waals surface area contributed by atoms with Crippen LogP contribution in [-0.4, -0.2) is 18.7 Å². The van der Waals surface area contributed by atoms with Gasteiger partial charge in [0, 0.05) is 5.56 Å². The van der Waals surface area contributed by atoms with E-state index in [1.807, 2.05) is 13.0 Å². The Bertz CT molecular complexity index is 403. The first kappa shape index (κ1) is 9.71. The lowest BCUT2D eigenvalue weighted by Gasteiger charge is -2.17. The average molecular weight is 204 g/mol. The molecule has 4 nitrogen and oxygen atoms in total. The van der Waals surface area contributed by atoms with Crippen LogP contribution in [0.3, 0.4) is 0 Å². The number of rotatable bonds is 2. The van der Waals surface area contributed by atoms with E-state index < -0.39 is 0 Å². The molecule has 78 valence electrons. The van der Waals surface area contributed by atoms with Gasteiger partial charge in [-0.2, -0.15) is 0 Å². The van der Waals surface area contributed by atoms with Crippen LogP contribution in [0.25, 0.3) is 0 Å². The summed E-state index contributed by atoms with van der Waals surface area (Å²) in [5.41, 5.74) is 4.21. The van der Waals surface area contributed by atoms with Crippen molar-refractivity contribution >= 4 is 17.9 Å². The van der Waals surface area contributed by atoms with Crippen molar-refractivity contribution in [1.29, 1.82) is 0 Å². The maximum atomic E-state index is 11.3. The van der Waals surface area contributed by atoms with Gasteiger partial charge in [-0.3, -0.25) is 20.0 Å². The van der Waals surface area contributed by atoms with Crippen molar-refractivity contribution < 1.29 is 9.59 Å². The van der Waals surface area contributed by atoms with Gasteiger partial charge in [-0.05, 0) is 12.1 Å². The minimum Gasteiger partial charge on any atom is -0.298 e. The Morgan fingerprint density at radius 1 is 1.53 bits per heavy atom. The van der Waals surface area contributed by atoms with E-state index in [1.165, 1.54) is 0 Å². The van der Waals surface area contributed by atoms with Crippen LogP contribution < -0.4 is 10.4 Å². The number of anilines is 1. The van der Waals surface area contributed by atoms with E-state index in [4.69, 9.17) is 0 Å². The number of nitrogens with zero attached hydrogens (tertiary/aromatic N) is 1. The summed E-state index contributed by atoms with van der Waals surface area (Å²) in [4.78, 5) is 21.9. The van der Waals surface area contributed by atoms with Crippen LogP contribution in [0, 0.1) is 5.92 Å². The van der Waals surface area contributed by atoms with Gasteiger partial charge >= 0.3 is 0 Å². The van der Waals surface area contributed by atoms with Crippen molar-refractivity contribution in [2.24, 2.45) is 5.92 Å². The molecule has 1 amide bonds. The summed E-state index contributed by atoms with van der Waals surface area (Å²) >= 11 is 0. The molecule has 1 aromatic rings. The molecule has 0 spiro atoms. The topological polar surface area (TPSA) is 49.4 Å². The first-order valence-corrected chi connectivity index (χ1v) is 4.84. The van der Waals surface area contributed by atoms with E-state index in [9.17, 15) is 9.59 Å². The standard InChI is InChI=1S/C11H12N2O2/c1-8-6-13(12-11(8)15)10-4-2-3-9(5-10)7-14/h2-5,7-8H,6H2,1H3,(H,12,15). The fourth-order valence-electron chi connectivity index (χ4n) is 1.58.